The van der Waals surface area contributed by atoms with Crippen molar-refractivity contribution in [2.45, 2.75) is 6.42 Å². The van der Waals surface area contributed by atoms with Crippen LogP contribution in [0.1, 0.15) is 6.42 Å². The number of nitrogens with zero attached hydrogens (tertiary/aromatic N) is 4. The van der Waals surface area contributed by atoms with E-state index in [2.05, 4.69) is 4.90 Å². The quantitative estimate of drug-likeness (QED) is 0.594. The highest BCUT2D eigenvalue weighted by Crippen LogP contribution is 2.07. The summed E-state index contributed by atoms with van der Waals surface area (Å²) in [5, 5.41) is 0. The van der Waals surface area contributed by atoms with Crippen molar-refractivity contribution in [1.82, 2.24) is 19.6 Å². The van der Waals surface area contributed by atoms with Gasteiger partial charge in [-0.25, -0.2) is 0 Å². The molecule has 0 unspecified atom stereocenters. The molecule has 0 atom stereocenters. The highest BCUT2D eigenvalue weighted by atomic mass is 16.2. The highest BCUT2D eigenvalue weighted by molar-refractivity contribution is 5.97. The highest BCUT2D eigenvalue weighted by Gasteiger charge is 2.26. The van der Waals surface area contributed by atoms with Crippen molar-refractivity contribution in [2.75, 3.05) is 66.0 Å². The first-order chi connectivity index (χ1) is 10.5. The van der Waals surface area contributed by atoms with Crippen LogP contribution in [0.25, 0.3) is 0 Å². The smallest absolute Gasteiger partial charge is 0.232 e. The average molecular weight is 311 g/mol. The number of nitrogens with two attached hydrogens (primary N) is 1. The SMILES string of the molecule is CN1CCN(C(=O)CC(=O)N2CCN(CC(N)=O)CC2)CC1. The zero-order chi connectivity index (χ0) is 16.1. The molecule has 0 aromatic heterocycles. The minimum absolute atomic E-state index is 0.0560. The Morgan fingerprint density at radius 1 is 0.818 bits per heavy atom. The van der Waals surface area contributed by atoms with Gasteiger partial charge in [-0.05, 0) is 7.05 Å². The molecule has 2 fully saturated rings. The largest absolute Gasteiger partial charge is 0.369 e. The number of likely N-dealkylation sites (N-methyl/N-ethyl adjacent to an activating group) is 1. The number of hydrogen-bond acceptors (Lipinski definition) is 5. The van der Waals surface area contributed by atoms with E-state index in [1.54, 1.807) is 9.80 Å². The lowest BCUT2D eigenvalue weighted by molar-refractivity contribution is -0.142. The van der Waals surface area contributed by atoms with Gasteiger partial charge in [0.2, 0.25) is 17.7 Å². The summed E-state index contributed by atoms with van der Waals surface area (Å²) in [5.41, 5.74) is 5.16. The predicted octanol–water partition coefficient (Wildman–Crippen LogP) is -2.22. The average Bonchev–Trinajstić information content (AvgIpc) is 2.48. The van der Waals surface area contributed by atoms with E-state index >= 15 is 0 Å². The fraction of sp³-hybridized carbons (Fsp3) is 0.786. The number of rotatable bonds is 4. The number of piperazine rings is 2. The van der Waals surface area contributed by atoms with Crippen LogP contribution in [0.5, 0.6) is 0 Å². The van der Waals surface area contributed by atoms with Gasteiger partial charge in [-0.2, -0.15) is 0 Å². The van der Waals surface area contributed by atoms with Gasteiger partial charge in [0.05, 0.1) is 6.54 Å². The Morgan fingerprint density at radius 2 is 1.27 bits per heavy atom. The normalized spacial score (nSPS) is 21.0. The van der Waals surface area contributed by atoms with Crippen molar-refractivity contribution >= 4 is 17.7 Å². The molecule has 124 valence electrons. The molecule has 2 rings (SSSR count). The Morgan fingerprint density at radius 3 is 1.73 bits per heavy atom. The third-order valence-corrected chi connectivity index (χ3v) is 4.26. The lowest BCUT2D eigenvalue weighted by Gasteiger charge is -2.35. The van der Waals surface area contributed by atoms with E-state index in [1.165, 1.54) is 0 Å². The molecule has 2 N–H and O–H groups in total. The van der Waals surface area contributed by atoms with Gasteiger partial charge in [0.1, 0.15) is 6.42 Å². The second-order valence-corrected chi connectivity index (χ2v) is 5.98. The van der Waals surface area contributed by atoms with Crippen molar-refractivity contribution in [2.24, 2.45) is 5.73 Å². The van der Waals surface area contributed by atoms with Gasteiger partial charge in [0.25, 0.3) is 0 Å². The minimum atomic E-state index is -0.356. The zero-order valence-corrected chi connectivity index (χ0v) is 13.2. The van der Waals surface area contributed by atoms with Crippen molar-refractivity contribution in [1.29, 1.82) is 0 Å². The minimum Gasteiger partial charge on any atom is -0.369 e. The van der Waals surface area contributed by atoms with Gasteiger partial charge in [0.15, 0.2) is 0 Å². The van der Waals surface area contributed by atoms with Crippen molar-refractivity contribution in [3.8, 4) is 0 Å². The predicted molar refractivity (Wildman–Crippen MR) is 80.9 cm³/mol. The molecule has 0 saturated carbocycles. The van der Waals surface area contributed by atoms with Gasteiger partial charge in [-0.15, -0.1) is 0 Å². The molecule has 8 nitrogen and oxygen atoms in total. The molecule has 0 bridgehead atoms. The van der Waals surface area contributed by atoms with Gasteiger partial charge >= 0.3 is 0 Å². The van der Waals surface area contributed by atoms with Crippen LogP contribution in [0.4, 0.5) is 0 Å². The van der Waals surface area contributed by atoms with E-state index in [4.69, 9.17) is 5.73 Å². The molecule has 22 heavy (non-hydrogen) atoms. The molecule has 0 aliphatic carbocycles. The Hall–Kier alpha value is -1.67. The van der Waals surface area contributed by atoms with E-state index in [1.807, 2.05) is 11.9 Å². The summed E-state index contributed by atoms with van der Waals surface area (Å²) in [5.74, 6) is -0.565. The van der Waals surface area contributed by atoms with Gasteiger partial charge in [-0.1, -0.05) is 0 Å². The van der Waals surface area contributed by atoms with Gasteiger partial charge < -0.3 is 20.4 Å². The van der Waals surface area contributed by atoms with E-state index in [9.17, 15) is 14.4 Å². The first-order valence-corrected chi connectivity index (χ1v) is 7.70. The molecule has 0 radical (unpaired) electrons. The first-order valence-electron chi connectivity index (χ1n) is 7.70. The van der Waals surface area contributed by atoms with Crippen LogP contribution in [0.2, 0.25) is 0 Å². The summed E-state index contributed by atoms with van der Waals surface area (Å²) in [7, 11) is 2.03. The van der Waals surface area contributed by atoms with E-state index in [0.717, 1.165) is 13.1 Å². The zero-order valence-electron chi connectivity index (χ0n) is 13.2. The van der Waals surface area contributed by atoms with Crippen molar-refractivity contribution in [3.63, 3.8) is 0 Å². The summed E-state index contributed by atoms with van der Waals surface area (Å²) < 4.78 is 0. The lowest BCUT2D eigenvalue weighted by atomic mass is 10.2. The Bertz CT molecular complexity index is 426. The molecule has 2 aliphatic rings. The van der Waals surface area contributed by atoms with Crippen molar-refractivity contribution < 1.29 is 14.4 Å². The van der Waals surface area contributed by atoms with E-state index in [-0.39, 0.29) is 30.7 Å². The summed E-state index contributed by atoms with van der Waals surface area (Å²) in [4.78, 5) is 42.8. The van der Waals surface area contributed by atoms with Crippen LogP contribution in [-0.2, 0) is 14.4 Å². The molecule has 3 amide bonds. The number of carbonyl (C=O) groups excluding carboxylic acids is 3. The third-order valence-electron chi connectivity index (χ3n) is 4.26. The fourth-order valence-corrected chi connectivity index (χ4v) is 2.78. The number of primary amides is 1. The van der Waals surface area contributed by atoms with Crippen molar-refractivity contribution in [3.05, 3.63) is 0 Å². The molecule has 2 aliphatic heterocycles. The Kier molecular flexibility index (Phi) is 5.73. The molecule has 0 aromatic carbocycles. The maximum atomic E-state index is 12.2. The summed E-state index contributed by atoms with van der Waals surface area (Å²) in [6, 6.07) is 0. The fourth-order valence-electron chi connectivity index (χ4n) is 2.78. The standard InChI is InChI=1S/C14H25N5O3/c1-16-2-6-18(7-3-16)13(21)10-14(22)19-8-4-17(5-9-19)11-12(15)20/h2-11H2,1H3,(H2,15,20). The summed E-state index contributed by atoms with van der Waals surface area (Å²) in [6.07, 6.45) is -0.0560. The molecule has 0 spiro atoms. The Labute approximate surface area is 130 Å². The van der Waals surface area contributed by atoms with Crippen LogP contribution >= 0.6 is 0 Å². The maximum absolute atomic E-state index is 12.2. The second kappa shape index (κ2) is 7.55. The van der Waals surface area contributed by atoms with Crippen LogP contribution in [0, 0.1) is 0 Å². The summed E-state index contributed by atoms with van der Waals surface area (Å²) in [6.45, 7) is 5.64. The second-order valence-electron chi connectivity index (χ2n) is 5.98. The van der Waals surface area contributed by atoms with Crippen LogP contribution in [0.3, 0.4) is 0 Å². The van der Waals surface area contributed by atoms with Crippen LogP contribution < -0.4 is 5.73 Å². The molecule has 2 heterocycles. The Balaban J connectivity index is 1.73. The van der Waals surface area contributed by atoms with E-state index < -0.39 is 0 Å². The third kappa shape index (κ3) is 4.67. The maximum Gasteiger partial charge on any atom is 0.232 e. The topological polar surface area (TPSA) is 90.2 Å². The van der Waals surface area contributed by atoms with Crippen LogP contribution in [-0.4, -0.2) is 103 Å². The number of carbonyl (C=O) groups is 3. The number of amides is 3. The lowest BCUT2D eigenvalue weighted by Crippen LogP contribution is -2.52. The van der Waals surface area contributed by atoms with E-state index in [0.29, 0.717) is 39.3 Å². The molecule has 0 aromatic rings. The molecule has 2 saturated heterocycles. The molecular weight excluding hydrogens is 286 g/mol. The molecule has 8 heteroatoms. The summed E-state index contributed by atoms with van der Waals surface area (Å²) >= 11 is 0. The molecular formula is C14H25N5O3. The van der Waals surface area contributed by atoms with Gasteiger partial charge in [-0.3, -0.25) is 19.3 Å². The van der Waals surface area contributed by atoms with Crippen LogP contribution in [0.15, 0.2) is 0 Å². The van der Waals surface area contributed by atoms with Gasteiger partial charge in [0, 0.05) is 52.4 Å². The monoisotopic (exact) mass is 311 g/mol. The first kappa shape index (κ1) is 16.7. The number of hydrogen-bond donors (Lipinski definition) is 1.